The molecule has 1 saturated heterocycles. The van der Waals surface area contributed by atoms with Crippen LogP contribution in [0.2, 0.25) is 0 Å². The van der Waals surface area contributed by atoms with Crippen molar-refractivity contribution in [1.82, 2.24) is 24.9 Å². The van der Waals surface area contributed by atoms with Crippen molar-refractivity contribution < 1.29 is 9.90 Å². The van der Waals surface area contributed by atoms with E-state index in [9.17, 15) is 9.90 Å². The second-order valence-corrected chi connectivity index (χ2v) is 6.44. The third-order valence-corrected chi connectivity index (χ3v) is 4.93. The number of nitrogens with one attached hydrogen (secondary N) is 1. The summed E-state index contributed by atoms with van der Waals surface area (Å²) in [6, 6.07) is 2.28. The summed E-state index contributed by atoms with van der Waals surface area (Å²) < 4.78 is 2.10. The van der Waals surface area contributed by atoms with Crippen LogP contribution in [0.1, 0.15) is 59.2 Å². The Balaban J connectivity index is 1.57. The lowest BCUT2D eigenvalue weighted by molar-refractivity contribution is 0.0688. The van der Waals surface area contributed by atoms with Crippen LogP contribution in [0.25, 0.3) is 0 Å². The molecule has 0 aliphatic carbocycles. The number of aryl methyl sites for hydroxylation is 2. The predicted octanol–water partition coefficient (Wildman–Crippen LogP) is 1.98. The third-order valence-electron chi connectivity index (χ3n) is 4.93. The van der Waals surface area contributed by atoms with Gasteiger partial charge >= 0.3 is 5.97 Å². The van der Waals surface area contributed by atoms with E-state index in [2.05, 4.69) is 25.8 Å². The number of aromatic amines is 1. The number of hydrogen-bond acceptors (Lipinski definition) is 4. The van der Waals surface area contributed by atoms with Gasteiger partial charge in [0.1, 0.15) is 5.56 Å². The zero-order valence-corrected chi connectivity index (χ0v) is 13.0. The van der Waals surface area contributed by atoms with Crippen LogP contribution < -0.4 is 0 Å². The summed E-state index contributed by atoms with van der Waals surface area (Å²) in [4.78, 5) is 13.7. The zero-order valence-electron chi connectivity index (χ0n) is 13.0. The van der Waals surface area contributed by atoms with E-state index in [1.165, 1.54) is 18.3 Å². The number of aromatic nitrogens is 4. The summed E-state index contributed by atoms with van der Waals surface area (Å²) in [5.41, 5.74) is 3.42. The molecule has 122 valence electrons. The molecule has 0 spiro atoms. The highest BCUT2D eigenvalue weighted by atomic mass is 16.4. The number of rotatable bonds is 4. The molecular weight excluding hydrogens is 294 g/mol. The van der Waals surface area contributed by atoms with Gasteiger partial charge in [-0.25, -0.2) is 4.79 Å². The van der Waals surface area contributed by atoms with Crippen LogP contribution in [-0.2, 0) is 19.5 Å². The van der Waals surface area contributed by atoms with E-state index in [0.717, 1.165) is 56.7 Å². The van der Waals surface area contributed by atoms with Gasteiger partial charge in [-0.3, -0.25) is 14.7 Å². The van der Waals surface area contributed by atoms with Crippen molar-refractivity contribution in [2.75, 3.05) is 6.54 Å². The van der Waals surface area contributed by atoms with Crippen molar-refractivity contribution in [2.24, 2.45) is 0 Å². The quantitative estimate of drug-likeness (QED) is 0.901. The van der Waals surface area contributed by atoms with Crippen LogP contribution in [0.3, 0.4) is 0 Å². The molecule has 2 aliphatic rings. The van der Waals surface area contributed by atoms with Crippen LogP contribution in [0, 0.1) is 0 Å². The number of aromatic carboxylic acids is 1. The lowest BCUT2D eigenvalue weighted by atomic mass is 9.97. The first-order valence-corrected chi connectivity index (χ1v) is 8.28. The van der Waals surface area contributed by atoms with Gasteiger partial charge in [0.05, 0.1) is 23.6 Å². The second kappa shape index (κ2) is 5.81. The standard InChI is InChI=1S/C16H21N5O2/c22-16(23)13-9-17-18-15(13)14-5-1-2-6-20(14)10-11-8-12-4-3-7-21(12)19-11/h8-9,14H,1-7,10H2,(H,17,18)(H,22,23). The molecule has 2 aromatic rings. The molecule has 0 aromatic carbocycles. The van der Waals surface area contributed by atoms with Crippen molar-refractivity contribution >= 4 is 5.97 Å². The van der Waals surface area contributed by atoms with Crippen molar-refractivity contribution in [1.29, 1.82) is 0 Å². The molecule has 1 unspecified atom stereocenters. The fourth-order valence-corrected chi connectivity index (χ4v) is 3.83. The van der Waals surface area contributed by atoms with Crippen molar-refractivity contribution in [2.45, 2.75) is 51.2 Å². The van der Waals surface area contributed by atoms with Gasteiger partial charge in [-0.05, 0) is 38.3 Å². The second-order valence-electron chi connectivity index (χ2n) is 6.44. The van der Waals surface area contributed by atoms with Gasteiger partial charge in [0, 0.05) is 18.8 Å². The number of likely N-dealkylation sites (tertiary alicyclic amines) is 1. The molecule has 23 heavy (non-hydrogen) atoms. The molecule has 2 N–H and O–H groups in total. The molecule has 0 saturated carbocycles. The summed E-state index contributed by atoms with van der Waals surface area (Å²) in [5, 5.41) is 20.9. The van der Waals surface area contributed by atoms with E-state index >= 15 is 0 Å². The van der Waals surface area contributed by atoms with Crippen LogP contribution in [0.5, 0.6) is 0 Å². The monoisotopic (exact) mass is 315 g/mol. The van der Waals surface area contributed by atoms with Crippen LogP contribution in [-0.4, -0.2) is 42.5 Å². The minimum absolute atomic E-state index is 0.0777. The minimum atomic E-state index is -0.916. The molecule has 7 nitrogen and oxygen atoms in total. The Morgan fingerprint density at radius 2 is 2.26 bits per heavy atom. The van der Waals surface area contributed by atoms with E-state index in [1.807, 2.05) is 0 Å². The lowest BCUT2D eigenvalue weighted by Gasteiger charge is -2.34. The summed E-state index contributed by atoms with van der Waals surface area (Å²) in [6.45, 7) is 2.75. The first-order valence-electron chi connectivity index (χ1n) is 8.28. The Kier molecular flexibility index (Phi) is 3.65. The van der Waals surface area contributed by atoms with E-state index in [1.54, 1.807) is 0 Å². The molecular formula is C16H21N5O2. The largest absolute Gasteiger partial charge is 0.478 e. The first-order chi connectivity index (χ1) is 11.2. The fraction of sp³-hybridized carbons (Fsp3) is 0.562. The molecule has 2 aromatic heterocycles. The van der Waals surface area contributed by atoms with Gasteiger partial charge in [0.25, 0.3) is 0 Å². The summed E-state index contributed by atoms with van der Waals surface area (Å²) >= 11 is 0. The smallest absolute Gasteiger partial charge is 0.339 e. The SMILES string of the molecule is O=C(O)c1cn[nH]c1C1CCCCN1Cc1cc2n(n1)CCC2. The Morgan fingerprint density at radius 1 is 1.35 bits per heavy atom. The highest BCUT2D eigenvalue weighted by molar-refractivity contribution is 5.88. The molecule has 2 aliphatic heterocycles. The van der Waals surface area contributed by atoms with Crippen molar-refractivity contribution in [3.8, 4) is 0 Å². The zero-order chi connectivity index (χ0) is 15.8. The average molecular weight is 315 g/mol. The van der Waals surface area contributed by atoms with Gasteiger partial charge in [-0.15, -0.1) is 0 Å². The van der Waals surface area contributed by atoms with Crippen molar-refractivity contribution in [3.05, 3.63) is 34.9 Å². The number of H-pyrrole nitrogens is 1. The number of carbonyl (C=O) groups is 1. The first kappa shape index (κ1) is 14.4. The van der Waals surface area contributed by atoms with Crippen molar-refractivity contribution in [3.63, 3.8) is 0 Å². The van der Waals surface area contributed by atoms with Gasteiger partial charge in [-0.1, -0.05) is 6.42 Å². The molecule has 1 atom stereocenters. The minimum Gasteiger partial charge on any atom is -0.478 e. The topological polar surface area (TPSA) is 87.0 Å². The number of nitrogens with zero attached hydrogens (tertiary/aromatic N) is 4. The van der Waals surface area contributed by atoms with Crippen LogP contribution in [0.4, 0.5) is 0 Å². The molecule has 1 fully saturated rings. The number of piperidine rings is 1. The Bertz CT molecular complexity index is 698. The maximum Gasteiger partial charge on any atom is 0.339 e. The summed E-state index contributed by atoms with van der Waals surface area (Å²) in [6.07, 6.45) is 6.91. The molecule has 0 radical (unpaired) electrons. The van der Waals surface area contributed by atoms with Gasteiger partial charge in [-0.2, -0.15) is 10.2 Å². The number of carboxylic acids is 1. The maximum atomic E-state index is 11.4. The van der Waals surface area contributed by atoms with Gasteiger partial charge < -0.3 is 5.11 Å². The van der Waals surface area contributed by atoms with Gasteiger partial charge in [0.15, 0.2) is 0 Å². The summed E-state index contributed by atoms with van der Waals surface area (Å²) in [5.74, 6) is -0.916. The number of hydrogen-bond donors (Lipinski definition) is 2. The Hall–Kier alpha value is -2.15. The maximum absolute atomic E-state index is 11.4. The fourth-order valence-electron chi connectivity index (χ4n) is 3.83. The van der Waals surface area contributed by atoms with E-state index in [4.69, 9.17) is 5.10 Å². The molecule has 4 heterocycles. The Labute approximate surface area is 134 Å². The van der Waals surface area contributed by atoms with E-state index in [-0.39, 0.29) is 11.6 Å². The predicted molar refractivity (Wildman–Crippen MR) is 83.1 cm³/mol. The van der Waals surface area contributed by atoms with E-state index in [0.29, 0.717) is 0 Å². The number of fused-ring (bicyclic) bond motifs is 1. The lowest BCUT2D eigenvalue weighted by Crippen LogP contribution is -2.34. The molecule has 7 heteroatoms. The molecule has 4 rings (SSSR count). The number of carboxylic acid groups (broad SMARTS) is 1. The van der Waals surface area contributed by atoms with Crippen LogP contribution in [0.15, 0.2) is 12.3 Å². The molecule has 0 bridgehead atoms. The highest BCUT2D eigenvalue weighted by Crippen LogP contribution is 2.33. The van der Waals surface area contributed by atoms with Crippen LogP contribution >= 0.6 is 0 Å². The Morgan fingerprint density at radius 3 is 3.09 bits per heavy atom. The average Bonchev–Trinajstić information content (AvgIpc) is 3.22. The molecule has 0 amide bonds. The van der Waals surface area contributed by atoms with Gasteiger partial charge in [0.2, 0.25) is 0 Å². The normalized spacial score (nSPS) is 21.5. The highest BCUT2D eigenvalue weighted by Gasteiger charge is 2.30. The third kappa shape index (κ3) is 2.65. The summed E-state index contributed by atoms with van der Waals surface area (Å²) in [7, 11) is 0. The van der Waals surface area contributed by atoms with E-state index < -0.39 is 5.97 Å².